The highest BCUT2D eigenvalue weighted by Crippen LogP contribution is 2.21. The molecule has 0 saturated carbocycles. The number of ether oxygens (including phenoxy) is 1. The quantitative estimate of drug-likeness (QED) is 0.669. The molecule has 2 aromatic rings. The molecule has 0 aliphatic heterocycles. The number of nitrogens with zero attached hydrogens (tertiary/aromatic N) is 2. The van der Waals surface area contributed by atoms with Gasteiger partial charge in [0.25, 0.3) is 11.5 Å². The van der Waals surface area contributed by atoms with E-state index in [4.69, 9.17) is 10.5 Å². The monoisotopic (exact) mass is 402 g/mol. The van der Waals surface area contributed by atoms with Crippen molar-refractivity contribution in [2.75, 3.05) is 17.2 Å². The standard InChI is InChI=1S/C21H30N4O4/c1-5-7-12-25-18(22)17(19(26)23-21(25)28)24(11-6-2)20(27)15(4)29-16-10-8-9-14(3)13-16/h8-10,13,15H,5-7,11-12,22H2,1-4H3,(H,23,26,28)/t15-/m1/s1. The summed E-state index contributed by atoms with van der Waals surface area (Å²) >= 11 is 0. The summed E-state index contributed by atoms with van der Waals surface area (Å²) in [6.45, 7) is 8.09. The maximum absolute atomic E-state index is 13.1. The van der Waals surface area contributed by atoms with Crippen molar-refractivity contribution in [3.63, 3.8) is 0 Å². The largest absolute Gasteiger partial charge is 0.481 e. The summed E-state index contributed by atoms with van der Waals surface area (Å²) in [4.78, 5) is 41.5. The van der Waals surface area contributed by atoms with E-state index in [2.05, 4.69) is 4.98 Å². The number of nitrogens with one attached hydrogen (secondary N) is 1. The Morgan fingerprint density at radius 1 is 1.28 bits per heavy atom. The highest BCUT2D eigenvalue weighted by Gasteiger charge is 2.28. The Labute approximate surface area is 170 Å². The van der Waals surface area contributed by atoms with Crippen molar-refractivity contribution in [3.8, 4) is 5.75 Å². The number of carbonyl (C=O) groups is 1. The normalized spacial score (nSPS) is 11.9. The second-order valence-electron chi connectivity index (χ2n) is 7.06. The molecule has 158 valence electrons. The van der Waals surface area contributed by atoms with Crippen molar-refractivity contribution in [2.45, 2.75) is 59.6 Å². The Hall–Kier alpha value is -3.03. The number of hydrogen-bond acceptors (Lipinski definition) is 5. The summed E-state index contributed by atoms with van der Waals surface area (Å²) in [6.07, 6.45) is 1.36. The fraction of sp³-hybridized carbons (Fsp3) is 0.476. The summed E-state index contributed by atoms with van der Waals surface area (Å²) in [7, 11) is 0. The zero-order valence-corrected chi connectivity index (χ0v) is 17.5. The van der Waals surface area contributed by atoms with Gasteiger partial charge < -0.3 is 15.4 Å². The first-order valence-corrected chi connectivity index (χ1v) is 9.97. The first-order chi connectivity index (χ1) is 13.8. The summed E-state index contributed by atoms with van der Waals surface area (Å²) in [5.74, 6) is 0.167. The van der Waals surface area contributed by atoms with Crippen molar-refractivity contribution >= 4 is 17.4 Å². The lowest BCUT2D eigenvalue weighted by Crippen LogP contribution is -2.46. The minimum Gasteiger partial charge on any atom is -0.481 e. The summed E-state index contributed by atoms with van der Waals surface area (Å²) in [5, 5.41) is 0. The van der Waals surface area contributed by atoms with Crippen LogP contribution in [-0.4, -0.2) is 28.1 Å². The average molecular weight is 402 g/mol. The Morgan fingerprint density at radius 3 is 2.62 bits per heavy atom. The molecule has 0 fully saturated rings. The molecule has 0 aliphatic carbocycles. The molecule has 2 rings (SSSR count). The molecule has 1 atom stereocenters. The predicted octanol–water partition coefficient (Wildman–Crippen LogP) is 2.44. The molecule has 1 amide bonds. The van der Waals surface area contributed by atoms with E-state index in [1.165, 1.54) is 9.47 Å². The van der Waals surface area contributed by atoms with Gasteiger partial charge in [0.15, 0.2) is 11.8 Å². The molecule has 1 aromatic carbocycles. The zero-order valence-electron chi connectivity index (χ0n) is 17.5. The van der Waals surface area contributed by atoms with Crippen LogP contribution in [0.3, 0.4) is 0 Å². The number of rotatable bonds is 9. The number of H-pyrrole nitrogens is 1. The molecule has 29 heavy (non-hydrogen) atoms. The molecule has 0 unspecified atom stereocenters. The van der Waals surface area contributed by atoms with Crippen LogP contribution in [-0.2, 0) is 11.3 Å². The molecule has 0 aliphatic rings. The van der Waals surface area contributed by atoms with Crippen LogP contribution in [0.5, 0.6) is 5.75 Å². The van der Waals surface area contributed by atoms with Gasteiger partial charge in [-0.3, -0.25) is 19.1 Å². The maximum atomic E-state index is 13.1. The van der Waals surface area contributed by atoms with E-state index in [0.717, 1.165) is 18.4 Å². The third-order valence-corrected chi connectivity index (χ3v) is 4.58. The summed E-state index contributed by atoms with van der Waals surface area (Å²) in [6, 6.07) is 7.38. The van der Waals surface area contributed by atoms with Gasteiger partial charge in [0.05, 0.1) is 0 Å². The van der Waals surface area contributed by atoms with Gasteiger partial charge in [0.2, 0.25) is 0 Å². The van der Waals surface area contributed by atoms with Gasteiger partial charge in [0.1, 0.15) is 11.6 Å². The Kier molecular flexibility index (Phi) is 7.64. The topological polar surface area (TPSA) is 110 Å². The number of carbonyl (C=O) groups excluding carboxylic acids is 1. The Balaban J connectivity index is 2.40. The molecular formula is C21H30N4O4. The number of anilines is 2. The molecular weight excluding hydrogens is 372 g/mol. The Morgan fingerprint density at radius 2 is 2.00 bits per heavy atom. The van der Waals surface area contributed by atoms with Crippen LogP contribution in [0.2, 0.25) is 0 Å². The van der Waals surface area contributed by atoms with Crippen molar-refractivity contribution in [2.24, 2.45) is 0 Å². The van der Waals surface area contributed by atoms with E-state index in [1.807, 2.05) is 39.0 Å². The van der Waals surface area contributed by atoms with Gasteiger partial charge in [-0.05, 0) is 44.4 Å². The van der Waals surface area contributed by atoms with Crippen molar-refractivity contribution in [3.05, 3.63) is 50.7 Å². The third kappa shape index (κ3) is 5.28. The maximum Gasteiger partial charge on any atom is 0.330 e. The fourth-order valence-electron chi connectivity index (χ4n) is 3.09. The SMILES string of the molecule is CCCCn1c(N)c(N(CCC)C(=O)[C@@H](C)Oc2cccc(C)c2)c(=O)[nH]c1=O. The first-order valence-electron chi connectivity index (χ1n) is 9.97. The molecule has 0 saturated heterocycles. The lowest BCUT2D eigenvalue weighted by molar-refractivity contribution is -0.124. The van der Waals surface area contributed by atoms with Crippen molar-refractivity contribution < 1.29 is 9.53 Å². The van der Waals surface area contributed by atoms with E-state index in [9.17, 15) is 14.4 Å². The van der Waals surface area contributed by atoms with E-state index in [1.54, 1.807) is 13.0 Å². The van der Waals surface area contributed by atoms with Gasteiger partial charge >= 0.3 is 5.69 Å². The highest BCUT2D eigenvalue weighted by atomic mass is 16.5. The van der Waals surface area contributed by atoms with Crippen LogP contribution < -0.4 is 26.6 Å². The summed E-state index contributed by atoms with van der Waals surface area (Å²) in [5.41, 5.74) is 5.93. The molecule has 8 nitrogen and oxygen atoms in total. The number of aromatic amines is 1. The minimum atomic E-state index is -0.835. The lowest BCUT2D eigenvalue weighted by Gasteiger charge is -2.27. The second kappa shape index (κ2) is 9.95. The van der Waals surface area contributed by atoms with E-state index in [0.29, 0.717) is 18.7 Å². The lowest BCUT2D eigenvalue weighted by atomic mass is 10.2. The van der Waals surface area contributed by atoms with Gasteiger partial charge in [-0.2, -0.15) is 0 Å². The van der Waals surface area contributed by atoms with Crippen LogP contribution in [0.15, 0.2) is 33.9 Å². The number of unbranched alkanes of at least 4 members (excludes halogenated alkanes) is 1. The molecule has 3 N–H and O–H groups in total. The van der Waals surface area contributed by atoms with Gasteiger partial charge in [-0.15, -0.1) is 0 Å². The van der Waals surface area contributed by atoms with Crippen molar-refractivity contribution in [1.82, 2.24) is 9.55 Å². The number of amides is 1. The number of aromatic nitrogens is 2. The molecule has 8 heteroatoms. The van der Waals surface area contributed by atoms with Crippen molar-refractivity contribution in [1.29, 1.82) is 0 Å². The second-order valence-corrected chi connectivity index (χ2v) is 7.06. The predicted molar refractivity (Wildman–Crippen MR) is 115 cm³/mol. The smallest absolute Gasteiger partial charge is 0.330 e. The zero-order chi connectivity index (χ0) is 21.6. The van der Waals surface area contributed by atoms with Gasteiger partial charge in [-0.1, -0.05) is 32.4 Å². The molecule has 0 bridgehead atoms. The van der Waals surface area contributed by atoms with Crippen LogP contribution in [0.25, 0.3) is 0 Å². The van der Waals surface area contributed by atoms with E-state index in [-0.39, 0.29) is 18.1 Å². The number of hydrogen-bond donors (Lipinski definition) is 2. The molecule has 0 radical (unpaired) electrons. The molecule has 0 spiro atoms. The van der Waals surface area contributed by atoms with Crippen LogP contribution >= 0.6 is 0 Å². The molecule has 1 aromatic heterocycles. The highest BCUT2D eigenvalue weighted by molar-refractivity contribution is 5.98. The number of benzene rings is 1. The number of nitrogens with two attached hydrogens (primary N) is 1. The average Bonchev–Trinajstić information content (AvgIpc) is 2.66. The first kappa shape index (κ1) is 22.3. The van der Waals surface area contributed by atoms with E-state index < -0.39 is 23.3 Å². The van der Waals surface area contributed by atoms with E-state index >= 15 is 0 Å². The van der Waals surface area contributed by atoms with Crippen LogP contribution in [0.1, 0.15) is 45.6 Å². The minimum absolute atomic E-state index is 0.00300. The van der Waals surface area contributed by atoms with Gasteiger partial charge in [-0.25, -0.2) is 4.79 Å². The van der Waals surface area contributed by atoms with Crippen LogP contribution in [0, 0.1) is 6.92 Å². The molecule has 1 heterocycles. The van der Waals surface area contributed by atoms with Crippen LogP contribution in [0.4, 0.5) is 11.5 Å². The third-order valence-electron chi connectivity index (χ3n) is 4.58. The fourth-order valence-corrected chi connectivity index (χ4v) is 3.09. The number of nitrogen functional groups attached to an aromatic ring is 1. The number of aryl methyl sites for hydroxylation is 1. The summed E-state index contributed by atoms with van der Waals surface area (Å²) < 4.78 is 7.10. The Bertz CT molecular complexity index is 964. The van der Waals surface area contributed by atoms with Gasteiger partial charge in [0, 0.05) is 13.1 Å².